The smallest absolute Gasteiger partial charge is 0.166 e. The van der Waals surface area contributed by atoms with Crippen LogP contribution in [0, 0.1) is 0 Å². The second kappa shape index (κ2) is 10.7. The zero-order valence-corrected chi connectivity index (χ0v) is 14.6. The van der Waals surface area contributed by atoms with Crippen LogP contribution < -0.4 is 14.8 Å². The zero-order chi connectivity index (χ0) is 17.0. The maximum absolute atomic E-state index is 6.05. The Morgan fingerprint density at radius 1 is 1.00 bits per heavy atom. The Morgan fingerprint density at radius 2 is 1.83 bits per heavy atom. The molecule has 4 heteroatoms. The highest BCUT2D eigenvalue weighted by molar-refractivity contribution is 5.46. The van der Waals surface area contributed by atoms with Crippen LogP contribution in [0.5, 0.6) is 11.5 Å². The summed E-state index contributed by atoms with van der Waals surface area (Å²) in [7, 11) is 1.67. The van der Waals surface area contributed by atoms with E-state index in [1.165, 1.54) is 0 Å². The van der Waals surface area contributed by atoms with E-state index in [2.05, 4.69) is 23.5 Å². The Hall–Kier alpha value is -2.04. The van der Waals surface area contributed by atoms with Gasteiger partial charge in [-0.1, -0.05) is 42.5 Å². The van der Waals surface area contributed by atoms with Crippen molar-refractivity contribution < 1.29 is 14.2 Å². The van der Waals surface area contributed by atoms with Crippen LogP contribution in [0.2, 0.25) is 0 Å². The van der Waals surface area contributed by atoms with Crippen LogP contribution in [0.15, 0.2) is 48.5 Å². The number of nitrogens with one attached hydrogen (secondary N) is 1. The lowest BCUT2D eigenvalue weighted by atomic mass is 10.1. The number of benzene rings is 2. The predicted molar refractivity (Wildman–Crippen MR) is 96.6 cm³/mol. The first kappa shape index (κ1) is 18.3. The van der Waals surface area contributed by atoms with Gasteiger partial charge >= 0.3 is 0 Å². The van der Waals surface area contributed by atoms with Gasteiger partial charge in [0.2, 0.25) is 0 Å². The number of hydrogen-bond acceptors (Lipinski definition) is 4. The van der Waals surface area contributed by atoms with E-state index in [9.17, 15) is 0 Å². The minimum atomic E-state index is 0.526. The maximum Gasteiger partial charge on any atom is 0.166 e. The van der Waals surface area contributed by atoms with Gasteiger partial charge in [-0.2, -0.15) is 0 Å². The summed E-state index contributed by atoms with van der Waals surface area (Å²) < 4.78 is 16.9. The van der Waals surface area contributed by atoms with Crippen LogP contribution in [0.4, 0.5) is 0 Å². The summed E-state index contributed by atoms with van der Waals surface area (Å²) in [5, 5.41) is 3.43. The number of rotatable bonds is 11. The fourth-order valence-electron chi connectivity index (χ4n) is 2.42. The fourth-order valence-corrected chi connectivity index (χ4v) is 2.42. The molecule has 0 aliphatic heterocycles. The molecule has 24 heavy (non-hydrogen) atoms. The molecular weight excluding hydrogens is 302 g/mol. The molecule has 0 amide bonds. The van der Waals surface area contributed by atoms with Crippen LogP contribution in [-0.4, -0.2) is 26.9 Å². The van der Waals surface area contributed by atoms with Gasteiger partial charge in [-0.3, -0.25) is 0 Å². The van der Waals surface area contributed by atoms with E-state index in [0.29, 0.717) is 6.61 Å². The van der Waals surface area contributed by atoms with Crippen molar-refractivity contribution >= 4 is 0 Å². The molecule has 0 aliphatic rings. The molecule has 0 unspecified atom stereocenters. The van der Waals surface area contributed by atoms with Gasteiger partial charge < -0.3 is 19.5 Å². The molecule has 0 aliphatic carbocycles. The van der Waals surface area contributed by atoms with Gasteiger partial charge in [0.1, 0.15) is 6.61 Å². The molecule has 0 fully saturated rings. The monoisotopic (exact) mass is 329 g/mol. The molecule has 0 radical (unpaired) electrons. The zero-order valence-electron chi connectivity index (χ0n) is 14.6. The average molecular weight is 329 g/mol. The topological polar surface area (TPSA) is 39.7 Å². The summed E-state index contributed by atoms with van der Waals surface area (Å²) in [5.41, 5.74) is 2.24. The van der Waals surface area contributed by atoms with Crippen LogP contribution in [0.1, 0.15) is 24.5 Å². The summed E-state index contributed by atoms with van der Waals surface area (Å²) in [6, 6.07) is 16.1. The Morgan fingerprint density at radius 3 is 2.58 bits per heavy atom. The SMILES string of the molecule is CCOCCCNCc1cccc(OC)c1OCc1ccccc1. The molecule has 0 saturated carbocycles. The third-order valence-corrected chi connectivity index (χ3v) is 3.67. The highest BCUT2D eigenvalue weighted by Gasteiger charge is 2.10. The van der Waals surface area contributed by atoms with Crippen molar-refractivity contribution in [2.75, 3.05) is 26.9 Å². The van der Waals surface area contributed by atoms with E-state index in [1.807, 2.05) is 37.3 Å². The van der Waals surface area contributed by atoms with Crippen molar-refractivity contribution in [3.63, 3.8) is 0 Å². The molecule has 1 N–H and O–H groups in total. The molecular formula is C20H27NO3. The van der Waals surface area contributed by atoms with E-state index < -0.39 is 0 Å². The van der Waals surface area contributed by atoms with Crippen molar-refractivity contribution in [2.24, 2.45) is 0 Å². The lowest BCUT2D eigenvalue weighted by Crippen LogP contribution is -2.17. The average Bonchev–Trinajstić information content (AvgIpc) is 2.64. The first-order valence-electron chi connectivity index (χ1n) is 8.46. The highest BCUT2D eigenvalue weighted by atomic mass is 16.5. The number of para-hydroxylation sites is 1. The number of methoxy groups -OCH3 is 1. The van der Waals surface area contributed by atoms with Crippen LogP contribution in [0.3, 0.4) is 0 Å². The minimum absolute atomic E-state index is 0.526. The summed E-state index contributed by atoms with van der Waals surface area (Å²) in [6.07, 6.45) is 0.998. The summed E-state index contributed by atoms with van der Waals surface area (Å²) in [6.45, 7) is 5.76. The Balaban J connectivity index is 1.94. The second-order valence-corrected chi connectivity index (χ2v) is 5.45. The van der Waals surface area contributed by atoms with Crippen molar-refractivity contribution in [3.05, 3.63) is 59.7 Å². The van der Waals surface area contributed by atoms with Crippen LogP contribution >= 0.6 is 0 Å². The summed E-state index contributed by atoms with van der Waals surface area (Å²) >= 11 is 0. The van der Waals surface area contributed by atoms with Crippen molar-refractivity contribution in [1.29, 1.82) is 0 Å². The van der Waals surface area contributed by atoms with Crippen molar-refractivity contribution in [1.82, 2.24) is 5.32 Å². The van der Waals surface area contributed by atoms with E-state index >= 15 is 0 Å². The van der Waals surface area contributed by atoms with Crippen LogP contribution in [-0.2, 0) is 17.9 Å². The van der Waals surface area contributed by atoms with Crippen molar-refractivity contribution in [2.45, 2.75) is 26.5 Å². The maximum atomic E-state index is 6.05. The second-order valence-electron chi connectivity index (χ2n) is 5.45. The minimum Gasteiger partial charge on any atom is -0.493 e. The number of ether oxygens (including phenoxy) is 3. The molecule has 2 aromatic rings. The lowest BCUT2D eigenvalue weighted by Gasteiger charge is -2.15. The van der Waals surface area contributed by atoms with Crippen LogP contribution in [0.25, 0.3) is 0 Å². The standard InChI is InChI=1S/C20H27NO3/c1-3-23-14-8-13-21-15-18-11-7-12-19(22-2)20(18)24-16-17-9-5-4-6-10-17/h4-7,9-12,21H,3,8,13-16H2,1-2H3. The Labute approximate surface area is 144 Å². The van der Waals surface area contributed by atoms with Gasteiger partial charge in [-0.05, 0) is 31.5 Å². The highest BCUT2D eigenvalue weighted by Crippen LogP contribution is 2.31. The molecule has 0 spiro atoms. The van der Waals surface area contributed by atoms with Gasteiger partial charge in [0.25, 0.3) is 0 Å². The third kappa shape index (κ3) is 5.87. The number of hydrogen-bond donors (Lipinski definition) is 1. The molecule has 0 aromatic heterocycles. The molecule has 0 saturated heterocycles. The lowest BCUT2D eigenvalue weighted by molar-refractivity contribution is 0.144. The molecule has 2 rings (SSSR count). The van der Waals surface area contributed by atoms with E-state index in [4.69, 9.17) is 14.2 Å². The molecule has 0 atom stereocenters. The Kier molecular flexibility index (Phi) is 8.15. The van der Waals surface area contributed by atoms with E-state index in [1.54, 1.807) is 7.11 Å². The summed E-state index contributed by atoms with van der Waals surface area (Å²) in [4.78, 5) is 0. The Bertz CT molecular complexity index is 587. The normalized spacial score (nSPS) is 10.6. The third-order valence-electron chi connectivity index (χ3n) is 3.67. The van der Waals surface area contributed by atoms with Gasteiger partial charge in [-0.15, -0.1) is 0 Å². The first-order valence-corrected chi connectivity index (χ1v) is 8.46. The summed E-state index contributed by atoms with van der Waals surface area (Å²) in [5.74, 6) is 1.57. The quantitative estimate of drug-likeness (QED) is 0.637. The van der Waals surface area contributed by atoms with Crippen molar-refractivity contribution in [3.8, 4) is 11.5 Å². The largest absolute Gasteiger partial charge is 0.493 e. The van der Waals surface area contributed by atoms with Gasteiger partial charge in [0.15, 0.2) is 11.5 Å². The molecule has 2 aromatic carbocycles. The van der Waals surface area contributed by atoms with E-state index in [-0.39, 0.29) is 0 Å². The van der Waals surface area contributed by atoms with Gasteiger partial charge in [0.05, 0.1) is 7.11 Å². The predicted octanol–water partition coefficient (Wildman–Crippen LogP) is 3.79. The molecule has 4 nitrogen and oxygen atoms in total. The molecule has 130 valence electrons. The molecule has 0 bridgehead atoms. The van der Waals surface area contributed by atoms with E-state index in [0.717, 1.165) is 55.4 Å². The van der Waals surface area contributed by atoms with Gasteiger partial charge in [-0.25, -0.2) is 0 Å². The molecule has 0 heterocycles. The van der Waals surface area contributed by atoms with Gasteiger partial charge in [0, 0.05) is 25.3 Å². The fraction of sp³-hybridized carbons (Fsp3) is 0.400. The first-order chi connectivity index (χ1) is 11.8.